The first-order valence-electron chi connectivity index (χ1n) is 10.7. The number of amides is 1. The molecule has 174 valence electrons. The number of benzene rings is 2. The van der Waals surface area contributed by atoms with Crippen LogP contribution in [0.3, 0.4) is 0 Å². The number of fused-ring (bicyclic) bond motifs is 1. The van der Waals surface area contributed by atoms with Gasteiger partial charge >= 0.3 is 0 Å². The Morgan fingerprint density at radius 1 is 1.24 bits per heavy atom. The Morgan fingerprint density at radius 2 is 2.00 bits per heavy atom. The highest BCUT2D eigenvalue weighted by atomic mass is 32.2. The van der Waals surface area contributed by atoms with Crippen LogP contribution < -0.4 is 15.6 Å². The minimum atomic E-state index is -0.151. The zero-order valence-electron chi connectivity index (χ0n) is 19.0. The van der Waals surface area contributed by atoms with Gasteiger partial charge in [0.2, 0.25) is 5.91 Å². The predicted octanol–water partition coefficient (Wildman–Crippen LogP) is 5.04. The fraction of sp³-hybridized carbons (Fsp3) is 0.192. The number of aryl methyl sites for hydroxylation is 1. The van der Waals surface area contributed by atoms with E-state index in [4.69, 9.17) is 9.72 Å². The molecule has 0 spiro atoms. The molecule has 2 aromatic heterocycles. The molecule has 0 atom stereocenters. The molecule has 0 bridgehead atoms. The third-order valence-electron chi connectivity index (χ3n) is 5.33. The van der Waals surface area contributed by atoms with Crippen LogP contribution in [0.2, 0.25) is 0 Å². The number of rotatable bonds is 9. The number of allylic oxidation sites excluding steroid dienone is 1. The number of hydrogen-bond donors (Lipinski definition) is 1. The Labute approximate surface area is 206 Å². The quantitative estimate of drug-likeness (QED) is 0.202. The molecule has 4 rings (SSSR count). The summed E-state index contributed by atoms with van der Waals surface area (Å²) < 4.78 is 6.91. The number of nitrogens with zero attached hydrogens (tertiary/aromatic N) is 2. The second-order valence-electron chi connectivity index (χ2n) is 7.67. The Bertz CT molecular complexity index is 1390. The molecule has 0 saturated heterocycles. The second-order valence-corrected chi connectivity index (χ2v) is 9.47. The summed E-state index contributed by atoms with van der Waals surface area (Å²) in [5, 5.41) is 5.97. The number of ether oxygens (including phenoxy) is 1. The highest BCUT2D eigenvalue weighted by Gasteiger charge is 2.18. The van der Waals surface area contributed by atoms with Crippen LogP contribution in [0.1, 0.15) is 11.1 Å². The molecule has 0 fully saturated rings. The number of carbonyl (C=O) groups is 1. The lowest BCUT2D eigenvalue weighted by Crippen LogP contribution is -2.26. The van der Waals surface area contributed by atoms with Gasteiger partial charge in [-0.3, -0.25) is 14.2 Å². The van der Waals surface area contributed by atoms with Gasteiger partial charge in [-0.05, 0) is 18.6 Å². The van der Waals surface area contributed by atoms with Crippen molar-refractivity contribution in [3.05, 3.63) is 88.0 Å². The Kier molecular flexibility index (Phi) is 7.49. The maximum atomic E-state index is 13.4. The van der Waals surface area contributed by atoms with Crippen LogP contribution in [0.4, 0.5) is 0 Å². The molecule has 34 heavy (non-hydrogen) atoms. The fourth-order valence-electron chi connectivity index (χ4n) is 3.58. The van der Waals surface area contributed by atoms with E-state index in [1.54, 1.807) is 17.8 Å². The number of aromatic nitrogens is 2. The summed E-state index contributed by atoms with van der Waals surface area (Å²) in [6.07, 6.45) is 1.67. The van der Waals surface area contributed by atoms with Crippen LogP contribution in [-0.2, 0) is 17.9 Å². The van der Waals surface area contributed by atoms with Crippen molar-refractivity contribution in [1.29, 1.82) is 0 Å². The van der Waals surface area contributed by atoms with Crippen molar-refractivity contribution in [2.24, 2.45) is 0 Å². The molecule has 0 aliphatic rings. The van der Waals surface area contributed by atoms with Crippen LogP contribution in [0, 0.1) is 6.92 Å². The molecule has 1 N–H and O–H groups in total. The minimum absolute atomic E-state index is 0.126. The van der Waals surface area contributed by atoms with Crippen molar-refractivity contribution >= 4 is 39.2 Å². The predicted molar refractivity (Wildman–Crippen MR) is 140 cm³/mol. The van der Waals surface area contributed by atoms with Crippen molar-refractivity contribution in [2.45, 2.75) is 25.2 Å². The molecule has 0 aliphatic heterocycles. The van der Waals surface area contributed by atoms with Gasteiger partial charge in [-0.2, -0.15) is 0 Å². The maximum absolute atomic E-state index is 13.4. The summed E-state index contributed by atoms with van der Waals surface area (Å²) >= 11 is 2.68. The van der Waals surface area contributed by atoms with E-state index in [0.717, 1.165) is 28.0 Å². The van der Waals surface area contributed by atoms with Crippen LogP contribution in [0.15, 0.2) is 76.5 Å². The zero-order valence-corrected chi connectivity index (χ0v) is 20.7. The number of thiophene rings is 1. The summed E-state index contributed by atoms with van der Waals surface area (Å²) in [4.78, 5) is 31.4. The highest BCUT2D eigenvalue weighted by Crippen LogP contribution is 2.32. The van der Waals surface area contributed by atoms with Crippen molar-refractivity contribution in [1.82, 2.24) is 14.9 Å². The van der Waals surface area contributed by atoms with Gasteiger partial charge in [-0.1, -0.05) is 65.9 Å². The van der Waals surface area contributed by atoms with Crippen LogP contribution in [-0.4, -0.2) is 28.3 Å². The van der Waals surface area contributed by atoms with Crippen molar-refractivity contribution in [3.8, 4) is 16.9 Å². The third kappa shape index (κ3) is 5.08. The summed E-state index contributed by atoms with van der Waals surface area (Å²) in [5.41, 5.74) is 3.79. The van der Waals surface area contributed by atoms with E-state index >= 15 is 0 Å². The second kappa shape index (κ2) is 10.7. The van der Waals surface area contributed by atoms with Crippen LogP contribution >= 0.6 is 23.1 Å². The molecule has 0 unspecified atom stereocenters. The van der Waals surface area contributed by atoms with Gasteiger partial charge in [0.05, 0.1) is 18.2 Å². The van der Waals surface area contributed by atoms with E-state index in [2.05, 4.69) is 11.9 Å². The number of carbonyl (C=O) groups excluding carboxylic acids is 1. The topological polar surface area (TPSA) is 73.2 Å². The van der Waals surface area contributed by atoms with Gasteiger partial charge in [-0.15, -0.1) is 17.9 Å². The summed E-state index contributed by atoms with van der Waals surface area (Å²) in [6, 6.07) is 15.6. The average molecular weight is 492 g/mol. The SMILES string of the molecule is C=CCn1c(SCC(=O)NCc2ccccc2OC)nc2scc(-c3ccc(C)cc3)c2c1=O. The van der Waals surface area contributed by atoms with Gasteiger partial charge in [0.1, 0.15) is 10.6 Å². The van der Waals surface area contributed by atoms with E-state index in [1.165, 1.54) is 23.1 Å². The van der Waals surface area contributed by atoms with E-state index in [-0.39, 0.29) is 17.2 Å². The molecule has 2 aromatic carbocycles. The van der Waals surface area contributed by atoms with Gasteiger partial charge in [0.15, 0.2) is 5.16 Å². The smallest absolute Gasteiger partial charge is 0.263 e. The number of nitrogens with one attached hydrogen (secondary N) is 1. The van der Waals surface area contributed by atoms with Gasteiger partial charge in [0.25, 0.3) is 5.56 Å². The minimum Gasteiger partial charge on any atom is -0.496 e. The monoisotopic (exact) mass is 491 g/mol. The molecule has 0 radical (unpaired) electrons. The lowest BCUT2D eigenvalue weighted by Gasteiger charge is -2.12. The first-order valence-corrected chi connectivity index (χ1v) is 12.6. The molecule has 0 aliphatic carbocycles. The molecule has 4 aromatic rings. The number of thioether (sulfide) groups is 1. The standard InChI is InChI=1S/C26H25N3O3S2/c1-4-13-29-25(31)23-20(18-11-9-17(2)10-12-18)15-33-24(23)28-26(29)34-16-22(30)27-14-19-7-5-6-8-21(19)32-3/h4-12,15H,1,13-14,16H2,2-3H3,(H,27,30). The first-order chi connectivity index (χ1) is 16.5. The summed E-state index contributed by atoms with van der Waals surface area (Å²) in [5.74, 6) is 0.715. The highest BCUT2D eigenvalue weighted by molar-refractivity contribution is 7.99. The van der Waals surface area contributed by atoms with E-state index in [0.29, 0.717) is 28.5 Å². The van der Waals surface area contributed by atoms with Crippen LogP contribution in [0.25, 0.3) is 21.3 Å². The van der Waals surface area contributed by atoms with Crippen molar-refractivity contribution < 1.29 is 9.53 Å². The zero-order chi connectivity index (χ0) is 24.1. The van der Waals surface area contributed by atoms with Gasteiger partial charge < -0.3 is 10.1 Å². The normalized spacial score (nSPS) is 10.9. The lowest BCUT2D eigenvalue weighted by molar-refractivity contribution is -0.118. The number of methoxy groups -OCH3 is 1. The molecule has 2 heterocycles. The van der Waals surface area contributed by atoms with Crippen molar-refractivity contribution in [2.75, 3.05) is 12.9 Å². The fourth-order valence-corrected chi connectivity index (χ4v) is 5.40. The molecule has 1 amide bonds. The average Bonchev–Trinajstić information content (AvgIpc) is 3.28. The molecule has 8 heteroatoms. The molecular formula is C26H25N3O3S2. The molecular weight excluding hydrogens is 466 g/mol. The van der Waals surface area contributed by atoms with E-state index < -0.39 is 0 Å². The van der Waals surface area contributed by atoms with Crippen LogP contribution in [0.5, 0.6) is 5.75 Å². The first kappa shape index (κ1) is 23.8. The number of para-hydroxylation sites is 1. The Hall–Kier alpha value is -3.36. The molecule has 6 nitrogen and oxygen atoms in total. The Morgan fingerprint density at radius 3 is 2.74 bits per heavy atom. The van der Waals surface area contributed by atoms with Gasteiger partial charge in [0, 0.05) is 29.6 Å². The van der Waals surface area contributed by atoms with E-state index in [9.17, 15) is 9.59 Å². The molecule has 0 saturated carbocycles. The third-order valence-corrected chi connectivity index (χ3v) is 7.18. The van der Waals surface area contributed by atoms with Gasteiger partial charge in [-0.25, -0.2) is 4.98 Å². The number of hydrogen-bond acceptors (Lipinski definition) is 6. The summed E-state index contributed by atoms with van der Waals surface area (Å²) in [6.45, 7) is 6.49. The lowest BCUT2D eigenvalue weighted by atomic mass is 10.1. The Balaban J connectivity index is 1.56. The van der Waals surface area contributed by atoms with E-state index in [1.807, 2.05) is 60.8 Å². The largest absolute Gasteiger partial charge is 0.496 e. The summed E-state index contributed by atoms with van der Waals surface area (Å²) in [7, 11) is 1.60. The van der Waals surface area contributed by atoms with Crippen molar-refractivity contribution in [3.63, 3.8) is 0 Å². The maximum Gasteiger partial charge on any atom is 0.263 e.